The van der Waals surface area contributed by atoms with Gasteiger partial charge < -0.3 is 14.8 Å². The van der Waals surface area contributed by atoms with Gasteiger partial charge in [-0.05, 0) is 12.1 Å². The van der Waals surface area contributed by atoms with E-state index in [9.17, 15) is 4.79 Å². The van der Waals surface area contributed by atoms with Crippen LogP contribution in [0, 0.1) is 0 Å². The number of nitrogens with zero attached hydrogens (tertiary/aromatic N) is 2. The van der Waals surface area contributed by atoms with Gasteiger partial charge >= 0.3 is 11.8 Å². The molecule has 1 amide bonds. The monoisotopic (exact) mass is 158 g/mol. The predicted molar refractivity (Wildman–Crippen MR) is 37.4 cm³/mol. The molecule has 1 rings (SSSR count). The van der Waals surface area contributed by atoms with Crippen molar-refractivity contribution in [3.05, 3.63) is 0 Å². The fourth-order valence-corrected chi connectivity index (χ4v) is 0.976. The summed E-state index contributed by atoms with van der Waals surface area (Å²) in [6, 6.07) is 0. The van der Waals surface area contributed by atoms with Crippen LogP contribution in [-0.2, 0) is 9.53 Å². The molecule has 0 spiro atoms. The quantitative estimate of drug-likeness (QED) is 0.387. The van der Waals surface area contributed by atoms with Crippen LogP contribution in [0.4, 0.5) is 0 Å². The zero-order chi connectivity index (χ0) is 8.43. The van der Waals surface area contributed by atoms with Gasteiger partial charge in [0.15, 0.2) is 0 Å². The second kappa shape index (κ2) is 2.77. The third kappa shape index (κ3) is 1.42. The molecule has 1 N–H and O–H groups in total. The Morgan fingerprint density at radius 2 is 2.45 bits per heavy atom. The minimum absolute atomic E-state index is 0.108. The highest BCUT2D eigenvalue weighted by Gasteiger charge is 2.28. The zero-order valence-electron chi connectivity index (χ0n) is 6.44. The number of hydrogen-bond acceptors (Lipinski definition) is 4. The summed E-state index contributed by atoms with van der Waals surface area (Å²) >= 11 is 0. The van der Waals surface area contributed by atoms with Crippen LogP contribution >= 0.6 is 0 Å². The first-order chi connectivity index (χ1) is 5.15. The average Bonchev–Trinajstić information content (AvgIpc) is 1.96. The summed E-state index contributed by atoms with van der Waals surface area (Å²) in [7, 11) is 1.63. The maximum Gasteiger partial charge on any atom is 0.316 e. The van der Waals surface area contributed by atoms with Crippen LogP contribution in [0.15, 0.2) is 5.16 Å². The number of amides is 1. The second-order valence-corrected chi connectivity index (χ2v) is 2.52. The number of likely N-dealkylation sites (N-methyl/N-ethyl adjacent to an activating group) is 1. The topological polar surface area (TPSA) is 62.1 Å². The van der Waals surface area contributed by atoms with E-state index in [-0.39, 0.29) is 17.9 Å². The molecule has 0 aromatic heterocycles. The van der Waals surface area contributed by atoms with E-state index in [1.807, 2.05) is 0 Å². The van der Waals surface area contributed by atoms with Crippen molar-refractivity contribution in [1.29, 1.82) is 0 Å². The number of morpholine rings is 1. The number of hydrogen-bond donors (Lipinski definition) is 1. The standard InChI is InChI=1S/C6H10N2O3/c1-4-3-8(2)6(9)5(7-10)11-4/h4,10H,3H2,1-2H3. The Labute approximate surface area is 64.2 Å². The fourth-order valence-electron chi connectivity index (χ4n) is 0.976. The summed E-state index contributed by atoms with van der Waals surface area (Å²) in [5, 5.41) is 11.0. The molecule has 5 heteroatoms. The molecular formula is C6H10N2O3. The number of rotatable bonds is 0. The maximum absolute atomic E-state index is 11.0. The first-order valence-electron chi connectivity index (χ1n) is 3.29. The van der Waals surface area contributed by atoms with Crippen molar-refractivity contribution in [1.82, 2.24) is 4.90 Å². The van der Waals surface area contributed by atoms with Gasteiger partial charge in [0.1, 0.15) is 6.10 Å². The van der Waals surface area contributed by atoms with Gasteiger partial charge in [0, 0.05) is 7.05 Å². The first-order valence-corrected chi connectivity index (χ1v) is 3.29. The lowest BCUT2D eigenvalue weighted by atomic mass is 10.3. The van der Waals surface area contributed by atoms with Gasteiger partial charge in [-0.15, -0.1) is 0 Å². The maximum atomic E-state index is 11.0. The molecule has 1 aliphatic heterocycles. The molecule has 0 aromatic rings. The zero-order valence-corrected chi connectivity index (χ0v) is 6.44. The van der Waals surface area contributed by atoms with Crippen molar-refractivity contribution in [2.24, 2.45) is 5.16 Å². The van der Waals surface area contributed by atoms with Crippen molar-refractivity contribution >= 4 is 11.8 Å². The lowest BCUT2D eigenvalue weighted by Crippen LogP contribution is -2.46. The van der Waals surface area contributed by atoms with Gasteiger partial charge in [-0.25, -0.2) is 0 Å². The van der Waals surface area contributed by atoms with Gasteiger partial charge in [-0.3, -0.25) is 4.79 Å². The Bertz CT molecular complexity index is 202. The SMILES string of the molecule is CC1CN(C)C(=O)C(=NO)O1. The highest BCUT2D eigenvalue weighted by Crippen LogP contribution is 2.05. The number of carbonyl (C=O) groups excluding carboxylic acids is 1. The largest absolute Gasteiger partial charge is 0.467 e. The molecule has 0 aromatic carbocycles. The Morgan fingerprint density at radius 3 is 3.00 bits per heavy atom. The molecule has 1 heterocycles. The number of oxime groups is 1. The van der Waals surface area contributed by atoms with Crippen LogP contribution in [0.25, 0.3) is 0 Å². The van der Waals surface area contributed by atoms with Crippen molar-refractivity contribution in [2.75, 3.05) is 13.6 Å². The summed E-state index contributed by atoms with van der Waals surface area (Å²) in [6.07, 6.45) is -0.108. The van der Waals surface area contributed by atoms with Gasteiger partial charge in [0.05, 0.1) is 6.54 Å². The van der Waals surface area contributed by atoms with Crippen LogP contribution in [0.3, 0.4) is 0 Å². The molecule has 1 aliphatic rings. The molecule has 62 valence electrons. The van der Waals surface area contributed by atoms with E-state index in [0.29, 0.717) is 6.54 Å². The summed E-state index contributed by atoms with van der Waals surface area (Å²) in [4.78, 5) is 12.5. The smallest absolute Gasteiger partial charge is 0.316 e. The summed E-state index contributed by atoms with van der Waals surface area (Å²) in [5.74, 6) is -0.614. The molecule has 1 unspecified atom stereocenters. The van der Waals surface area contributed by atoms with E-state index in [1.165, 1.54) is 4.90 Å². The highest BCUT2D eigenvalue weighted by molar-refractivity contribution is 6.35. The molecular weight excluding hydrogens is 148 g/mol. The van der Waals surface area contributed by atoms with Gasteiger partial charge in [0.2, 0.25) is 0 Å². The van der Waals surface area contributed by atoms with E-state index in [1.54, 1.807) is 14.0 Å². The van der Waals surface area contributed by atoms with E-state index in [4.69, 9.17) is 9.94 Å². The van der Waals surface area contributed by atoms with E-state index in [2.05, 4.69) is 5.16 Å². The average molecular weight is 158 g/mol. The highest BCUT2D eigenvalue weighted by atomic mass is 16.5. The summed E-state index contributed by atoms with van der Waals surface area (Å²) < 4.78 is 4.93. The van der Waals surface area contributed by atoms with Crippen LogP contribution in [0.5, 0.6) is 0 Å². The third-order valence-electron chi connectivity index (χ3n) is 1.46. The van der Waals surface area contributed by atoms with Crippen LogP contribution < -0.4 is 0 Å². The summed E-state index contributed by atoms with van der Waals surface area (Å²) in [5.41, 5.74) is 0. The third-order valence-corrected chi connectivity index (χ3v) is 1.46. The molecule has 1 saturated heterocycles. The first kappa shape index (κ1) is 7.84. The van der Waals surface area contributed by atoms with Gasteiger partial charge in [0.25, 0.3) is 0 Å². The molecule has 1 fully saturated rings. The van der Waals surface area contributed by atoms with E-state index in [0.717, 1.165) is 0 Å². The van der Waals surface area contributed by atoms with Crippen LogP contribution in [0.2, 0.25) is 0 Å². The number of carbonyl (C=O) groups is 1. The number of ether oxygens (including phenoxy) is 1. The molecule has 1 atom stereocenters. The lowest BCUT2D eigenvalue weighted by molar-refractivity contribution is -0.129. The van der Waals surface area contributed by atoms with Crippen molar-refractivity contribution in [2.45, 2.75) is 13.0 Å². The van der Waals surface area contributed by atoms with Crippen molar-refractivity contribution < 1.29 is 14.7 Å². The molecule has 5 nitrogen and oxygen atoms in total. The van der Waals surface area contributed by atoms with Gasteiger partial charge in [-0.2, -0.15) is 0 Å². The van der Waals surface area contributed by atoms with Crippen LogP contribution in [0.1, 0.15) is 6.92 Å². The Morgan fingerprint density at radius 1 is 1.82 bits per heavy atom. The minimum atomic E-state index is -0.384. The second-order valence-electron chi connectivity index (χ2n) is 2.52. The van der Waals surface area contributed by atoms with Crippen LogP contribution in [-0.4, -0.2) is 41.6 Å². The van der Waals surface area contributed by atoms with E-state index >= 15 is 0 Å². The fraction of sp³-hybridized carbons (Fsp3) is 0.667. The molecule has 0 bridgehead atoms. The van der Waals surface area contributed by atoms with Crippen molar-refractivity contribution in [3.8, 4) is 0 Å². The molecule has 0 radical (unpaired) electrons. The van der Waals surface area contributed by atoms with Crippen molar-refractivity contribution in [3.63, 3.8) is 0 Å². The van der Waals surface area contributed by atoms with E-state index < -0.39 is 0 Å². The minimum Gasteiger partial charge on any atom is -0.467 e. The summed E-state index contributed by atoms with van der Waals surface area (Å²) in [6.45, 7) is 2.33. The van der Waals surface area contributed by atoms with Gasteiger partial charge in [-0.1, -0.05) is 0 Å². The molecule has 11 heavy (non-hydrogen) atoms. The predicted octanol–water partition coefficient (Wildman–Crippen LogP) is -0.349. The lowest BCUT2D eigenvalue weighted by Gasteiger charge is -2.27. The molecule has 0 saturated carbocycles. The molecule has 0 aliphatic carbocycles. The normalized spacial score (nSPS) is 28.9. The Hall–Kier alpha value is -1.26. The Balaban J connectivity index is 2.75. The Kier molecular flexibility index (Phi) is 1.98.